The third kappa shape index (κ3) is 3.99. The minimum atomic E-state index is -3.46. The second-order valence-electron chi connectivity index (χ2n) is 6.15. The maximum absolute atomic E-state index is 12.8. The number of hydrogen-bond donors (Lipinski definition) is 1. The van der Waals surface area contributed by atoms with Crippen LogP contribution in [0.5, 0.6) is 0 Å². The second-order valence-corrected chi connectivity index (χ2v) is 8.11. The Bertz CT molecular complexity index is 778. The highest BCUT2D eigenvalue weighted by Gasteiger charge is 2.32. The molecule has 1 aliphatic rings. The molecule has 1 heterocycles. The van der Waals surface area contributed by atoms with Gasteiger partial charge in [-0.05, 0) is 18.9 Å². The second kappa shape index (κ2) is 8.31. The molecule has 26 heavy (non-hydrogen) atoms. The molecule has 0 spiro atoms. The van der Waals surface area contributed by atoms with Crippen LogP contribution in [0.15, 0.2) is 17.9 Å². The summed E-state index contributed by atoms with van der Waals surface area (Å²) in [6.07, 6.45) is 2.78. The average Bonchev–Trinajstić information content (AvgIpc) is 2.93. The lowest BCUT2D eigenvalue weighted by Gasteiger charge is -2.27. The summed E-state index contributed by atoms with van der Waals surface area (Å²) in [5, 5.41) is 0. The number of nitrogens with two attached hydrogens (primary N) is 1. The number of rotatable bonds is 9. The van der Waals surface area contributed by atoms with Crippen molar-refractivity contribution < 1.29 is 23.4 Å². The van der Waals surface area contributed by atoms with Crippen molar-refractivity contribution in [2.24, 2.45) is 12.6 Å². The molecular formula is C17H26N3O5P. The van der Waals surface area contributed by atoms with Crippen LogP contribution in [0.25, 0.3) is 0 Å². The van der Waals surface area contributed by atoms with Crippen molar-refractivity contribution in [1.82, 2.24) is 9.24 Å². The van der Waals surface area contributed by atoms with Gasteiger partial charge in [0.05, 0.1) is 19.3 Å². The van der Waals surface area contributed by atoms with Gasteiger partial charge in [0.15, 0.2) is 5.76 Å². The van der Waals surface area contributed by atoms with E-state index in [2.05, 4.69) is 0 Å². The van der Waals surface area contributed by atoms with Gasteiger partial charge in [-0.2, -0.15) is 0 Å². The monoisotopic (exact) mass is 383 g/mol. The molecule has 1 aromatic heterocycles. The SMILES string of the molecule is CCCN(CCC)P(N)(=O)OCc1cc2c(n1C)C(=O)C=C(OC)C2=O. The Morgan fingerprint density at radius 3 is 2.38 bits per heavy atom. The van der Waals surface area contributed by atoms with E-state index in [1.54, 1.807) is 22.4 Å². The number of carbonyl (C=O) groups excluding carboxylic acids is 2. The van der Waals surface area contributed by atoms with Gasteiger partial charge in [-0.1, -0.05) is 13.8 Å². The van der Waals surface area contributed by atoms with Gasteiger partial charge in [-0.3, -0.25) is 18.7 Å². The van der Waals surface area contributed by atoms with Crippen molar-refractivity contribution in [1.29, 1.82) is 0 Å². The van der Waals surface area contributed by atoms with Gasteiger partial charge in [0.2, 0.25) is 11.6 Å². The minimum Gasteiger partial charge on any atom is -0.492 e. The summed E-state index contributed by atoms with van der Waals surface area (Å²) < 4.78 is 26.5. The summed E-state index contributed by atoms with van der Waals surface area (Å²) in [4.78, 5) is 24.6. The van der Waals surface area contributed by atoms with Gasteiger partial charge in [0, 0.05) is 31.9 Å². The fourth-order valence-corrected chi connectivity index (χ4v) is 4.39. The Morgan fingerprint density at radius 1 is 1.23 bits per heavy atom. The van der Waals surface area contributed by atoms with Crippen LogP contribution in [0.4, 0.5) is 0 Å². The van der Waals surface area contributed by atoms with Crippen LogP contribution in [0.2, 0.25) is 0 Å². The number of nitrogens with zero attached hydrogens (tertiary/aromatic N) is 2. The summed E-state index contributed by atoms with van der Waals surface area (Å²) in [6, 6.07) is 1.56. The molecule has 0 bridgehead atoms. The molecule has 0 aromatic carbocycles. The zero-order valence-electron chi connectivity index (χ0n) is 15.7. The molecule has 2 N–H and O–H groups in total. The fourth-order valence-electron chi connectivity index (χ4n) is 2.95. The molecule has 0 radical (unpaired) electrons. The first kappa shape index (κ1) is 20.6. The van der Waals surface area contributed by atoms with Crippen molar-refractivity contribution in [3.63, 3.8) is 0 Å². The standard InChI is InChI=1S/C17H26N3O5P/c1-5-7-20(8-6-2)26(18,23)25-11-12-9-13-16(19(12)3)14(21)10-15(24-4)17(13)22/h9-10H,5-8,11H2,1-4H3,(H2,18,23). The molecule has 1 aromatic rings. The number of ether oxygens (including phenoxy) is 1. The summed E-state index contributed by atoms with van der Waals surface area (Å²) in [5.74, 6) is -0.680. The molecule has 0 saturated carbocycles. The van der Waals surface area contributed by atoms with Crippen LogP contribution in [-0.2, 0) is 27.5 Å². The van der Waals surface area contributed by atoms with E-state index in [0.717, 1.165) is 12.8 Å². The summed E-state index contributed by atoms with van der Waals surface area (Å²) in [5.41, 5.74) is 7.00. The summed E-state index contributed by atoms with van der Waals surface area (Å²) >= 11 is 0. The molecule has 0 fully saturated rings. The van der Waals surface area contributed by atoms with Crippen LogP contribution in [0.3, 0.4) is 0 Å². The summed E-state index contributed by atoms with van der Waals surface area (Å²) in [6.45, 7) is 5.04. The first-order chi connectivity index (χ1) is 12.3. The van der Waals surface area contributed by atoms with Gasteiger partial charge in [-0.25, -0.2) is 10.2 Å². The molecular weight excluding hydrogens is 357 g/mol. The van der Waals surface area contributed by atoms with Crippen LogP contribution in [0.1, 0.15) is 53.2 Å². The number of carbonyl (C=O) groups is 2. The Hall–Kier alpha value is -1.73. The highest BCUT2D eigenvalue weighted by atomic mass is 31.2. The predicted molar refractivity (Wildman–Crippen MR) is 97.9 cm³/mol. The number of hydrogen-bond acceptors (Lipinski definition) is 5. The first-order valence-electron chi connectivity index (χ1n) is 8.58. The summed E-state index contributed by atoms with van der Waals surface area (Å²) in [7, 11) is -0.463. The van der Waals surface area contributed by atoms with E-state index in [1.807, 2.05) is 13.8 Å². The molecule has 0 aliphatic heterocycles. The fraction of sp³-hybridized carbons (Fsp3) is 0.529. The van der Waals surface area contributed by atoms with E-state index in [4.69, 9.17) is 14.8 Å². The van der Waals surface area contributed by atoms with Crippen LogP contribution < -0.4 is 5.50 Å². The zero-order valence-corrected chi connectivity index (χ0v) is 16.5. The predicted octanol–water partition coefficient (Wildman–Crippen LogP) is 2.64. The maximum Gasteiger partial charge on any atom is 0.341 e. The number of ketones is 2. The molecule has 0 saturated heterocycles. The van der Waals surface area contributed by atoms with Crippen molar-refractivity contribution in [3.05, 3.63) is 34.9 Å². The van der Waals surface area contributed by atoms with Gasteiger partial charge in [-0.15, -0.1) is 0 Å². The molecule has 144 valence electrons. The molecule has 0 amide bonds. The third-order valence-corrected chi connectivity index (χ3v) is 5.96. The van der Waals surface area contributed by atoms with E-state index in [0.29, 0.717) is 18.8 Å². The highest BCUT2D eigenvalue weighted by Crippen LogP contribution is 2.43. The van der Waals surface area contributed by atoms with Crippen LogP contribution >= 0.6 is 7.67 Å². The molecule has 1 aliphatic carbocycles. The Morgan fingerprint density at radius 2 is 1.85 bits per heavy atom. The third-order valence-electron chi connectivity index (χ3n) is 4.27. The van der Waals surface area contributed by atoms with E-state index in [-0.39, 0.29) is 35.2 Å². The van der Waals surface area contributed by atoms with Gasteiger partial charge >= 0.3 is 7.67 Å². The number of fused-ring (bicyclic) bond motifs is 1. The van der Waals surface area contributed by atoms with Gasteiger partial charge in [0.25, 0.3) is 0 Å². The number of Topliss-reactive ketones (excluding diaryl/α,β-unsaturated/α-hetero) is 1. The molecule has 1 atom stereocenters. The molecule has 8 nitrogen and oxygen atoms in total. The first-order valence-corrected chi connectivity index (χ1v) is 10.2. The lowest BCUT2D eigenvalue weighted by molar-refractivity contribution is 0.0914. The lowest BCUT2D eigenvalue weighted by atomic mass is 10.0. The number of aromatic nitrogens is 1. The zero-order chi connectivity index (χ0) is 19.5. The van der Waals surface area contributed by atoms with Crippen LogP contribution in [0, 0.1) is 0 Å². The van der Waals surface area contributed by atoms with Crippen LogP contribution in [-0.4, -0.2) is 41.0 Å². The minimum absolute atomic E-state index is 0.00197. The van der Waals surface area contributed by atoms with Gasteiger partial charge < -0.3 is 9.30 Å². The van der Waals surface area contributed by atoms with Gasteiger partial charge in [0.1, 0.15) is 5.69 Å². The Balaban J connectivity index is 2.22. The topological polar surface area (TPSA) is 104 Å². The van der Waals surface area contributed by atoms with E-state index in [1.165, 1.54) is 13.2 Å². The van der Waals surface area contributed by atoms with Crippen molar-refractivity contribution in [2.45, 2.75) is 33.3 Å². The van der Waals surface area contributed by atoms with E-state index >= 15 is 0 Å². The largest absolute Gasteiger partial charge is 0.492 e. The highest BCUT2D eigenvalue weighted by molar-refractivity contribution is 7.53. The number of allylic oxidation sites excluding steroid dienone is 2. The smallest absolute Gasteiger partial charge is 0.341 e. The lowest BCUT2D eigenvalue weighted by Crippen LogP contribution is -2.27. The van der Waals surface area contributed by atoms with E-state index in [9.17, 15) is 14.2 Å². The van der Waals surface area contributed by atoms with Crippen molar-refractivity contribution >= 4 is 19.2 Å². The Labute approximate surface area is 153 Å². The van der Waals surface area contributed by atoms with E-state index < -0.39 is 7.67 Å². The Kier molecular flexibility index (Phi) is 6.58. The quantitative estimate of drug-likeness (QED) is 0.654. The molecule has 9 heteroatoms. The molecule has 2 rings (SSSR count). The van der Waals surface area contributed by atoms with Crippen molar-refractivity contribution in [2.75, 3.05) is 20.2 Å². The molecule has 1 unspecified atom stereocenters. The average molecular weight is 383 g/mol. The van der Waals surface area contributed by atoms with Crippen molar-refractivity contribution in [3.8, 4) is 0 Å². The maximum atomic E-state index is 12.8. The number of methoxy groups -OCH3 is 1. The normalized spacial score (nSPS) is 16.5.